The molecule has 0 N–H and O–H groups in total. The molecule has 4 rings (SSSR count). The van der Waals surface area contributed by atoms with E-state index in [0.29, 0.717) is 20.3 Å². The summed E-state index contributed by atoms with van der Waals surface area (Å²) in [7, 11) is 0. The molecule has 0 saturated heterocycles. The molecule has 0 aliphatic heterocycles. The first-order chi connectivity index (χ1) is 11.2. The van der Waals surface area contributed by atoms with E-state index in [1.807, 2.05) is 48.5 Å². The predicted molar refractivity (Wildman–Crippen MR) is 92.8 cm³/mol. The van der Waals surface area contributed by atoms with E-state index in [2.05, 4.69) is 10.1 Å². The van der Waals surface area contributed by atoms with E-state index >= 15 is 0 Å². The Kier molecular flexibility index (Phi) is 3.44. The lowest BCUT2D eigenvalue weighted by Crippen LogP contribution is -2.23. The fraction of sp³-hybridized carbons (Fsp3) is 0. The molecule has 6 heteroatoms. The Balaban J connectivity index is 1.84. The van der Waals surface area contributed by atoms with Crippen molar-refractivity contribution < 1.29 is 0 Å². The standard InChI is InChI=1S/C17H10ClN3OS/c18-13-8-4-7-12(10-13)15-19-17-21(20-15)16(22)14(23-17)9-11-5-2-1-3-6-11/h1-10H. The summed E-state index contributed by atoms with van der Waals surface area (Å²) in [6.07, 6.45) is 1.85. The minimum Gasteiger partial charge on any atom is -0.266 e. The normalized spacial score (nSPS) is 12.1. The molecule has 0 unspecified atom stereocenters. The Morgan fingerprint density at radius 2 is 1.91 bits per heavy atom. The summed E-state index contributed by atoms with van der Waals surface area (Å²) in [5.74, 6) is 0.502. The average Bonchev–Trinajstić information content (AvgIpc) is 3.09. The van der Waals surface area contributed by atoms with Gasteiger partial charge < -0.3 is 0 Å². The van der Waals surface area contributed by atoms with Gasteiger partial charge in [0, 0.05) is 10.6 Å². The third-order valence-electron chi connectivity index (χ3n) is 3.36. The molecule has 4 nitrogen and oxygen atoms in total. The second-order valence-corrected chi connectivity index (χ2v) is 6.41. The number of benzene rings is 2. The summed E-state index contributed by atoms with van der Waals surface area (Å²) in [6.45, 7) is 0. The van der Waals surface area contributed by atoms with Crippen LogP contribution in [0.15, 0.2) is 59.4 Å². The number of nitrogens with zero attached hydrogens (tertiary/aromatic N) is 3. The maximum atomic E-state index is 12.5. The van der Waals surface area contributed by atoms with Crippen molar-refractivity contribution >= 4 is 34.0 Å². The Morgan fingerprint density at radius 3 is 2.65 bits per heavy atom. The summed E-state index contributed by atoms with van der Waals surface area (Å²) < 4.78 is 1.96. The predicted octanol–water partition coefficient (Wildman–Crippen LogP) is 3.02. The van der Waals surface area contributed by atoms with Gasteiger partial charge in [-0.15, -0.1) is 5.10 Å². The Hall–Kier alpha value is -2.50. The number of rotatable bonds is 2. The maximum absolute atomic E-state index is 12.5. The van der Waals surface area contributed by atoms with Crippen molar-refractivity contribution in [2.45, 2.75) is 0 Å². The van der Waals surface area contributed by atoms with Crippen LogP contribution >= 0.6 is 22.9 Å². The Bertz CT molecular complexity index is 1100. The van der Waals surface area contributed by atoms with E-state index in [4.69, 9.17) is 11.6 Å². The molecule has 0 fully saturated rings. The zero-order valence-corrected chi connectivity index (χ0v) is 13.4. The van der Waals surface area contributed by atoms with Crippen molar-refractivity contribution in [3.63, 3.8) is 0 Å². The molecule has 0 radical (unpaired) electrons. The highest BCUT2D eigenvalue weighted by Crippen LogP contribution is 2.20. The van der Waals surface area contributed by atoms with Crippen LogP contribution in [0.1, 0.15) is 5.56 Å². The van der Waals surface area contributed by atoms with Gasteiger partial charge >= 0.3 is 0 Å². The van der Waals surface area contributed by atoms with Crippen molar-refractivity contribution in [1.29, 1.82) is 0 Å². The van der Waals surface area contributed by atoms with Gasteiger partial charge in [-0.1, -0.05) is 65.4 Å². The van der Waals surface area contributed by atoms with Gasteiger partial charge in [0.15, 0.2) is 5.82 Å². The average molecular weight is 340 g/mol. The smallest absolute Gasteiger partial charge is 0.266 e. The summed E-state index contributed by atoms with van der Waals surface area (Å²) in [5.41, 5.74) is 1.61. The number of halogens is 1. The lowest BCUT2D eigenvalue weighted by atomic mass is 10.2. The van der Waals surface area contributed by atoms with Crippen LogP contribution in [0.3, 0.4) is 0 Å². The van der Waals surface area contributed by atoms with E-state index in [-0.39, 0.29) is 5.56 Å². The van der Waals surface area contributed by atoms with E-state index in [1.165, 1.54) is 15.9 Å². The molecule has 2 heterocycles. The molecule has 0 saturated carbocycles. The summed E-state index contributed by atoms with van der Waals surface area (Å²) in [4.78, 5) is 17.5. The van der Waals surface area contributed by atoms with E-state index in [1.54, 1.807) is 12.1 Å². The molecule has 0 aliphatic carbocycles. The quantitative estimate of drug-likeness (QED) is 0.564. The molecular formula is C17H10ClN3OS. The Morgan fingerprint density at radius 1 is 1.09 bits per heavy atom. The van der Waals surface area contributed by atoms with Crippen molar-refractivity contribution in [3.8, 4) is 11.4 Å². The second-order valence-electron chi connectivity index (χ2n) is 4.97. The van der Waals surface area contributed by atoms with Gasteiger partial charge in [0.25, 0.3) is 5.56 Å². The van der Waals surface area contributed by atoms with E-state index in [0.717, 1.165) is 11.1 Å². The highest BCUT2D eigenvalue weighted by atomic mass is 35.5. The van der Waals surface area contributed by atoms with Crippen LogP contribution in [0.5, 0.6) is 0 Å². The third-order valence-corrected chi connectivity index (χ3v) is 4.56. The molecule has 0 bridgehead atoms. The van der Waals surface area contributed by atoms with Gasteiger partial charge in [-0.3, -0.25) is 4.79 Å². The number of fused-ring (bicyclic) bond motifs is 1. The van der Waals surface area contributed by atoms with Crippen LogP contribution in [0.25, 0.3) is 22.4 Å². The van der Waals surface area contributed by atoms with Crippen molar-refractivity contribution in [2.75, 3.05) is 0 Å². The number of hydrogen-bond donors (Lipinski definition) is 0. The first kappa shape index (κ1) is 14.1. The van der Waals surface area contributed by atoms with Crippen molar-refractivity contribution in [1.82, 2.24) is 14.6 Å². The topological polar surface area (TPSA) is 47.3 Å². The van der Waals surface area contributed by atoms with Gasteiger partial charge in [0.2, 0.25) is 4.96 Å². The number of aromatic nitrogens is 3. The largest absolute Gasteiger partial charge is 0.291 e. The summed E-state index contributed by atoms with van der Waals surface area (Å²) >= 11 is 7.31. The molecular weight excluding hydrogens is 330 g/mol. The molecule has 0 spiro atoms. The monoisotopic (exact) mass is 339 g/mol. The first-order valence-electron chi connectivity index (χ1n) is 6.93. The van der Waals surface area contributed by atoms with Crippen LogP contribution in [0.2, 0.25) is 5.02 Å². The molecule has 0 atom stereocenters. The zero-order valence-electron chi connectivity index (χ0n) is 11.8. The maximum Gasteiger partial charge on any atom is 0.291 e. The van der Waals surface area contributed by atoms with Gasteiger partial charge in [-0.2, -0.15) is 9.50 Å². The van der Waals surface area contributed by atoms with Gasteiger partial charge in [0.1, 0.15) is 0 Å². The van der Waals surface area contributed by atoms with Gasteiger partial charge in [-0.05, 0) is 23.8 Å². The Labute approximate surface area is 140 Å². The molecule has 23 heavy (non-hydrogen) atoms. The summed E-state index contributed by atoms with van der Waals surface area (Å²) in [5, 5.41) is 4.92. The zero-order chi connectivity index (χ0) is 15.8. The van der Waals surface area contributed by atoms with Gasteiger partial charge in [0.05, 0.1) is 4.53 Å². The van der Waals surface area contributed by atoms with E-state index in [9.17, 15) is 4.79 Å². The second kappa shape index (κ2) is 5.61. The van der Waals surface area contributed by atoms with Crippen molar-refractivity contribution in [2.24, 2.45) is 0 Å². The minimum absolute atomic E-state index is 0.158. The highest BCUT2D eigenvalue weighted by molar-refractivity contribution is 7.15. The van der Waals surface area contributed by atoms with Crippen LogP contribution in [-0.4, -0.2) is 14.6 Å². The molecule has 4 aromatic rings. The number of thiazole rings is 1. The first-order valence-corrected chi connectivity index (χ1v) is 8.12. The van der Waals surface area contributed by atoms with Crippen LogP contribution in [0.4, 0.5) is 0 Å². The lowest BCUT2D eigenvalue weighted by molar-refractivity contribution is 0.937. The lowest BCUT2D eigenvalue weighted by Gasteiger charge is -1.94. The minimum atomic E-state index is -0.158. The van der Waals surface area contributed by atoms with Crippen molar-refractivity contribution in [3.05, 3.63) is 80.1 Å². The number of hydrogen-bond acceptors (Lipinski definition) is 4. The molecule has 2 aromatic heterocycles. The van der Waals surface area contributed by atoms with E-state index < -0.39 is 0 Å². The highest BCUT2D eigenvalue weighted by Gasteiger charge is 2.12. The van der Waals surface area contributed by atoms with Crippen LogP contribution in [-0.2, 0) is 0 Å². The molecule has 0 aliphatic rings. The molecule has 2 aromatic carbocycles. The SMILES string of the molecule is O=c1c(=Cc2ccccc2)sc2nc(-c3cccc(Cl)c3)nn12. The van der Waals surface area contributed by atoms with Gasteiger partial charge in [-0.25, -0.2) is 0 Å². The fourth-order valence-corrected chi connectivity index (χ4v) is 3.38. The van der Waals surface area contributed by atoms with Crippen LogP contribution in [0, 0.1) is 0 Å². The third kappa shape index (κ3) is 2.65. The van der Waals surface area contributed by atoms with Crippen LogP contribution < -0.4 is 10.1 Å². The molecule has 0 amide bonds. The fourth-order valence-electron chi connectivity index (χ4n) is 2.28. The summed E-state index contributed by atoms with van der Waals surface area (Å²) in [6, 6.07) is 17.0. The molecule has 112 valence electrons.